The summed E-state index contributed by atoms with van der Waals surface area (Å²) in [5.74, 6) is 0.677. The van der Waals surface area contributed by atoms with E-state index in [-0.39, 0.29) is 35.5 Å². The quantitative estimate of drug-likeness (QED) is 0.590. The first-order valence-corrected chi connectivity index (χ1v) is 9.53. The van der Waals surface area contributed by atoms with E-state index in [4.69, 9.17) is 16.3 Å². The lowest BCUT2D eigenvalue weighted by Gasteiger charge is -2.17. The van der Waals surface area contributed by atoms with Gasteiger partial charge in [0.15, 0.2) is 0 Å². The summed E-state index contributed by atoms with van der Waals surface area (Å²) >= 11 is 5.88. The van der Waals surface area contributed by atoms with Gasteiger partial charge in [-0.2, -0.15) is 0 Å². The lowest BCUT2D eigenvalue weighted by Crippen LogP contribution is -2.32. The number of imide groups is 1. The molecular weight excluding hydrogens is 362 g/mol. The highest BCUT2D eigenvalue weighted by Crippen LogP contribution is 2.53. The Labute approximate surface area is 162 Å². The number of ether oxygens (including phenoxy) is 1. The number of amides is 2. The third kappa shape index (κ3) is 2.67. The number of allylic oxidation sites excluding steroid dienone is 2. The van der Waals surface area contributed by atoms with Crippen LogP contribution in [0.2, 0.25) is 5.02 Å². The number of hydrogen-bond acceptors (Lipinski definition) is 3. The van der Waals surface area contributed by atoms with Crippen LogP contribution in [0.5, 0.6) is 5.75 Å². The van der Waals surface area contributed by atoms with Gasteiger partial charge in [0.25, 0.3) is 0 Å². The number of carbonyl (C=O) groups is 2. The first kappa shape index (κ1) is 16.6. The van der Waals surface area contributed by atoms with Crippen LogP contribution in [0.15, 0.2) is 60.7 Å². The molecule has 2 aromatic rings. The average molecular weight is 380 g/mol. The molecule has 3 aliphatic rings. The number of halogens is 1. The number of nitrogens with zero attached hydrogens (tertiary/aromatic N) is 1. The van der Waals surface area contributed by atoms with E-state index in [1.807, 2.05) is 24.3 Å². The molecule has 2 amide bonds. The smallest absolute Gasteiger partial charge is 0.238 e. The van der Waals surface area contributed by atoms with Gasteiger partial charge in [-0.25, -0.2) is 0 Å². The third-order valence-corrected chi connectivity index (χ3v) is 6.14. The monoisotopic (exact) mass is 379 g/mol. The fourth-order valence-corrected chi connectivity index (χ4v) is 4.72. The molecule has 136 valence electrons. The van der Waals surface area contributed by atoms with Crippen LogP contribution in [-0.4, -0.2) is 11.8 Å². The zero-order chi connectivity index (χ0) is 18.5. The molecule has 0 spiro atoms. The summed E-state index contributed by atoms with van der Waals surface area (Å²) in [5.41, 5.74) is 1.64. The van der Waals surface area contributed by atoms with Gasteiger partial charge in [0.05, 0.1) is 17.5 Å². The predicted molar refractivity (Wildman–Crippen MR) is 102 cm³/mol. The Morgan fingerprint density at radius 2 is 1.48 bits per heavy atom. The van der Waals surface area contributed by atoms with Gasteiger partial charge >= 0.3 is 0 Å². The molecule has 1 saturated carbocycles. The van der Waals surface area contributed by atoms with Crippen LogP contribution in [-0.2, 0) is 16.2 Å². The summed E-state index contributed by atoms with van der Waals surface area (Å²) in [6.45, 7) is 0.428. The molecule has 2 bridgehead atoms. The fraction of sp³-hybridized carbons (Fsp3) is 0.273. The molecule has 0 N–H and O–H groups in total. The summed E-state index contributed by atoms with van der Waals surface area (Å²) in [6, 6.07) is 14.6. The molecule has 1 aliphatic heterocycles. The second-order valence-corrected chi connectivity index (χ2v) is 7.86. The number of fused-ring (bicyclic) bond motifs is 5. The van der Waals surface area contributed by atoms with Crippen molar-refractivity contribution in [2.75, 3.05) is 4.90 Å². The van der Waals surface area contributed by atoms with Crippen molar-refractivity contribution in [3.63, 3.8) is 0 Å². The molecule has 1 saturated heterocycles. The second-order valence-electron chi connectivity index (χ2n) is 7.42. The van der Waals surface area contributed by atoms with Crippen LogP contribution in [0.25, 0.3) is 0 Å². The van der Waals surface area contributed by atoms with Crippen molar-refractivity contribution in [2.45, 2.75) is 13.0 Å². The zero-order valence-corrected chi connectivity index (χ0v) is 15.3. The fourth-order valence-electron chi connectivity index (χ4n) is 4.60. The molecule has 5 heteroatoms. The number of hydrogen-bond donors (Lipinski definition) is 0. The molecule has 2 fully saturated rings. The van der Waals surface area contributed by atoms with Crippen LogP contribution < -0.4 is 9.64 Å². The molecule has 2 aliphatic carbocycles. The zero-order valence-electron chi connectivity index (χ0n) is 14.5. The van der Waals surface area contributed by atoms with E-state index < -0.39 is 0 Å². The van der Waals surface area contributed by atoms with E-state index in [1.54, 1.807) is 24.3 Å². The highest BCUT2D eigenvalue weighted by Gasteiger charge is 2.59. The van der Waals surface area contributed by atoms with E-state index in [0.717, 1.165) is 12.0 Å². The van der Waals surface area contributed by atoms with Crippen molar-refractivity contribution >= 4 is 29.1 Å². The molecule has 5 rings (SSSR count). The van der Waals surface area contributed by atoms with Crippen LogP contribution in [0, 0.1) is 23.7 Å². The van der Waals surface area contributed by atoms with Gasteiger partial charge in [0.2, 0.25) is 11.8 Å². The minimum Gasteiger partial charge on any atom is -0.489 e. The molecule has 0 radical (unpaired) electrons. The SMILES string of the molecule is O=C1[C@@H]2[C@@H](C(=O)N1c1ccc(OCc3ccc(Cl)cc3)cc1)[C@H]1C=C[C@@H]2C1. The Hall–Kier alpha value is -2.59. The first-order chi connectivity index (χ1) is 13.1. The van der Waals surface area contributed by atoms with Crippen LogP contribution in [0.1, 0.15) is 12.0 Å². The standard InChI is InChI=1S/C22H18ClNO3/c23-16-5-1-13(2-6-16)12-27-18-9-7-17(8-10-18)24-21(25)19-14-3-4-15(11-14)20(19)22(24)26/h1-10,14-15,19-20H,11-12H2/t14-,15+,19-,20-/m0/s1. The Morgan fingerprint density at radius 1 is 0.889 bits per heavy atom. The minimum atomic E-state index is -0.173. The second kappa shape index (κ2) is 6.24. The molecular formula is C22H18ClNO3. The van der Waals surface area contributed by atoms with Crippen molar-refractivity contribution in [2.24, 2.45) is 23.7 Å². The first-order valence-electron chi connectivity index (χ1n) is 9.15. The minimum absolute atomic E-state index is 0.0586. The van der Waals surface area contributed by atoms with E-state index in [9.17, 15) is 9.59 Å². The van der Waals surface area contributed by atoms with Gasteiger partial charge in [-0.05, 0) is 60.2 Å². The molecule has 27 heavy (non-hydrogen) atoms. The van der Waals surface area contributed by atoms with Gasteiger partial charge in [-0.3, -0.25) is 14.5 Å². The van der Waals surface area contributed by atoms with Crippen molar-refractivity contribution in [3.8, 4) is 5.75 Å². The summed E-state index contributed by atoms with van der Waals surface area (Å²) < 4.78 is 5.78. The van der Waals surface area contributed by atoms with Gasteiger partial charge in [0, 0.05) is 5.02 Å². The van der Waals surface area contributed by atoms with Crippen LogP contribution >= 0.6 is 11.6 Å². The number of anilines is 1. The van der Waals surface area contributed by atoms with Gasteiger partial charge in [-0.1, -0.05) is 35.9 Å². The lowest BCUT2D eigenvalue weighted by atomic mass is 9.85. The van der Waals surface area contributed by atoms with Crippen molar-refractivity contribution < 1.29 is 14.3 Å². The topological polar surface area (TPSA) is 46.6 Å². The number of rotatable bonds is 4. The normalized spacial score (nSPS) is 28.1. The van der Waals surface area contributed by atoms with E-state index >= 15 is 0 Å². The molecule has 0 aromatic heterocycles. The van der Waals surface area contributed by atoms with Gasteiger partial charge < -0.3 is 4.74 Å². The molecule has 4 atom stereocenters. The summed E-state index contributed by atoms with van der Waals surface area (Å²) in [5, 5.41) is 0.691. The highest BCUT2D eigenvalue weighted by atomic mass is 35.5. The Bertz CT molecular complexity index is 905. The highest BCUT2D eigenvalue weighted by molar-refractivity contribution is 6.30. The van der Waals surface area contributed by atoms with Crippen LogP contribution in [0.3, 0.4) is 0 Å². The van der Waals surface area contributed by atoms with Gasteiger partial charge in [-0.15, -0.1) is 0 Å². The van der Waals surface area contributed by atoms with Gasteiger partial charge in [0.1, 0.15) is 12.4 Å². The largest absolute Gasteiger partial charge is 0.489 e. The van der Waals surface area contributed by atoms with E-state index in [1.165, 1.54) is 4.90 Å². The molecule has 2 aromatic carbocycles. The maximum Gasteiger partial charge on any atom is 0.238 e. The molecule has 1 heterocycles. The third-order valence-electron chi connectivity index (χ3n) is 5.88. The van der Waals surface area contributed by atoms with Crippen LogP contribution in [0.4, 0.5) is 5.69 Å². The Kier molecular flexibility index (Phi) is 3.83. The van der Waals surface area contributed by atoms with Crippen molar-refractivity contribution in [1.29, 1.82) is 0 Å². The predicted octanol–water partition coefficient (Wildman–Crippen LogP) is 4.23. The summed E-state index contributed by atoms with van der Waals surface area (Å²) in [4.78, 5) is 27.0. The molecule has 4 nitrogen and oxygen atoms in total. The van der Waals surface area contributed by atoms with Crippen molar-refractivity contribution in [1.82, 2.24) is 0 Å². The maximum atomic E-state index is 12.8. The molecule has 0 unspecified atom stereocenters. The summed E-state index contributed by atoms with van der Waals surface area (Å²) in [7, 11) is 0. The van der Waals surface area contributed by atoms with Crippen molar-refractivity contribution in [3.05, 3.63) is 71.3 Å². The van der Waals surface area contributed by atoms with E-state index in [2.05, 4.69) is 12.2 Å². The maximum absolute atomic E-state index is 12.8. The Balaban J connectivity index is 1.30. The van der Waals surface area contributed by atoms with E-state index in [0.29, 0.717) is 23.1 Å². The summed E-state index contributed by atoms with van der Waals surface area (Å²) in [6.07, 6.45) is 5.15. The Morgan fingerprint density at radius 3 is 2.07 bits per heavy atom. The average Bonchev–Trinajstić information content (AvgIpc) is 3.36. The number of carbonyl (C=O) groups excluding carboxylic acids is 2. The number of benzene rings is 2. The lowest BCUT2D eigenvalue weighted by molar-refractivity contribution is -0.123.